The summed E-state index contributed by atoms with van der Waals surface area (Å²) in [5.41, 5.74) is 3.95. The molecule has 0 amide bonds. The molecule has 8 heteroatoms. The molecule has 0 unspecified atom stereocenters. The van der Waals surface area contributed by atoms with Gasteiger partial charge in [0.1, 0.15) is 17.6 Å². The summed E-state index contributed by atoms with van der Waals surface area (Å²) in [5.74, 6) is 3.01. The molecule has 0 radical (unpaired) electrons. The summed E-state index contributed by atoms with van der Waals surface area (Å²) in [7, 11) is 1.65. The SMILES string of the molecule is COc1ccccc1-c1nnc2n1N=C(c1ccc(C)c(O[C@@H]3CCOC3)c1)CS2. The van der Waals surface area contributed by atoms with Gasteiger partial charge in [0.2, 0.25) is 5.16 Å². The molecule has 7 nitrogen and oxygen atoms in total. The first-order valence-electron chi connectivity index (χ1n) is 9.88. The molecular weight excluding hydrogens is 400 g/mol. The van der Waals surface area contributed by atoms with E-state index in [0.29, 0.717) is 12.4 Å². The van der Waals surface area contributed by atoms with Crippen molar-refractivity contribution in [3.8, 4) is 22.9 Å². The molecule has 2 aromatic carbocycles. The van der Waals surface area contributed by atoms with Crippen LogP contribution in [0.15, 0.2) is 52.7 Å². The van der Waals surface area contributed by atoms with Crippen molar-refractivity contribution in [1.82, 2.24) is 14.9 Å². The van der Waals surface area contributed by atoms with Gasteiger partial charge in [0, 0.05) is 17.7 Å². The monoisotopic (exact) mass is 422 g/mol. The fourth-order valence-corrected chi connectivity index (χ4v) is 4.40. The van der Waals surface area contributed by atoms with Crippen LogP contribution in [0.3, 0.4) is 0 Å². The molecular formula is C22H22N4O3S. The van der Waals surface area contributed by atoms with Gasteiger partial charge in [-0.3, -0.25) is 0 Å². The highest BCUT2D eigenvalue weighted by Crippen LogP contribution is 2.33. The Bertz CT molecular complexity index is 1110. The molecule has 0 aliphatic carbocycles. The maximum Gasteiger partial charge on any atom is 0.212 e. The Morgan fingerprint density at radius 1 is 1.13 bits per heavy atom. The molecule has 0 saturated carbocycles. The van der Waals surface area contributed by atoms with E-state index in [-0.39, 0.29) is 6.10 Å². The number of thioether (sulfide) groups is 1. The molecule has 154 valence electrons. The standard InChI is InChI=1S/C22H22N4O3S/c1-14-7-8-15(11-20(14)29-16-9-10-28-12-16)18-13-30-22-24-23-21(26(22)25-18)17-5-3-4-6-19(17)27-2/h3-8,11,16H,9-10,12-13H2,1-2H3/t16-/m1/s1. The Balaban J connectivity index is 1.50. The Morgan fingerprint density at radius 3 is 2.87 bits per heavy atom. The molecule has 1 fully saturated rings. The van der Waals surface area contributed by atoms with Crippen LogP contribution in [0.1, 0.15) is 17.5 Å². The number of para-hydroxylation sites is 1. The van der Waals surface area contributed by atoms with Gasteiger partial charge in [0.25, 0.3) is 0 Å². The summed E-state index contributed by atoms with van der Waals surface area (Å²) in [6.45, 7) is 3.46. The maximum absolute atomic E-state index is 6.18. The smallest absolute Gasteiger partial charge is 0.212 e. The van der Waals surface area contributed by atoms with E-state index in [4.69, 9.17) is 19.3 Å². The number of benzene rings is 2. The highest BCUT2D eigenvalue weighted by Gasteiger charge is 2.23. The number of nitrogens with zero attached hydrogens (tertiary/aromatic N) is 4. The van der Waals surface area contributed by atoms with Gasteiger partial charge in [-0.2, -0.15) is 9.78 Å². The quantitative estimate of drug-likeness (QED) is 0.623. The van der Waals surface area contributed by atoms with E-state index < -0.39 is 0 Å². The number of methoxy groups -OCH3 is 1. The largest absolute Gasteiger partial charge is 0.496 e. The van der Waals surface area contributed by atoms with Crippen LogP contribution in [-0.2, 0) is 4.74 Å². The van der Waals surface area contributed by atoms with E-state index in [1.165, 1.54) is 0 Å². The Kier molecular flexibility index (Phi) is 5.18. The molecule has 3 heterocycles. The summed E-state index contributed by atoms with van der Waals surface area (Å²) in [4.78, 5) is 0. The van der Waals surface area contributed by atoms with Crippen molar-refractivity contribution in [2.75, 3.05) is 26.1 Å². The van der Waals surface area contributed by atoms with Crippen molar-refractivity contribution >= 4 is 17.5 Å². The number of hydrogen-bond acceptors (Lipinski definition) is 7. The third-order valence-corrected chi connectivity index (χ3v) is 6.15. The number of rotatable bonds is 5. The number of fused-ring (bicyclic) bond motifs is 1. The lowest BCUT2D eigenvalue weighted by Gasteiger charge is -2.18. The first-order valence-corrected chi connectivity index (χ1v) is 10.9. The van der Waals surface area contributed by atoms with Gasteiger partial charge in [-0.25, -0.2) is 0 Å². The van der Waals surface area contributed by atoms with E-state index in [9.17, 15) is 0 Å². The van der Waals surface area contributed by atoms with Gasteiger partial charge in [-0.15, -0.1) is 10.2 Å². The molecule has 2 aliphatic rings. The third kappa shape index (κ3) is 3.57. The van der Waals surface area contributed by atoms with Crippen molar-refractivity contribution in [3.05, 3.63) is 53.6 Å². The van der Waals surface area contributed by atoms with Crippen LogP contribution in [0.4, 0.5) is 0 Å². The van der Waals surface area contributed by atoms with Gasteiger partial charge >= 0.3 is 0 Å². The zero-order chi connectivity index (χ0) is 20.5. The molecule has 1 saturated heterocycles. The summed E-state index contributed by atoms with van der Waals surface area (Å²) in [6, 6.07) is 14.0. The van der Waals surface area contributed by atoms with Crippen molar-refractivity contribution in [2.45, 2.75) is 24.6 Å². The van der Waals surface area contributed by atoms with Crippen LogP contribution in [0.25, 0.3) is 11.4 Å². The zero-order valence-electron chi connectivity index (χ0n) is 16.9. The van der Waals surface area contributed by atoms with E-state index in [0.717, 1.165) is 57.8 Å². The third-order valence-electron chi connectivity index (χ3n) is 5.22. The summed E-state index contributed by atoms with van der Waals surface area (Å²) in [6.07, 6.45) is 1.04. The highest BCUT2D eigenvalue weighted by molar-refractivity contribution is 7.99. The van der Waals surface area contributed by atoms with Gasteiger partial charge in [0.15, 0.2) is 5.82 Å². The van der Waals surface area contributed by atoms with Gasteiger partial charge in [-0.1, -0.05) is 36.0 Å². The average molecular weight is 423 g/mol. The summed E-state index contributed by atoms with van der Waals surface area (Å²) in [5, 5.41) is 14.3. The lowest BCUT2D eigenvalue weighted by Crippen LogP contribution is -2.17. The minimum Gasteiger partial charge on any atom is -0.496 e. The lowest BCUT2D eigenvalue weighted by molar-refractivity contribution is 0.141. The molecule has 1 aromatic heterocycles. The first kappa shape index (κ1) is 19.1. The summed E-state index contributed by atoms with van der Waals surface area (Å²) < 4.78 is 18.9. The Morgan fingerprint density at radius 2 is 2.03 bits per heavy atom. The molecule has 0 bridgehead atoms. The second-order valence-electron chi connectivity index (χ2n) is 7.24. The van der Waals surface area contributed by atoms with Crippen molar-refractivity contribution in [1.29, 1.82) is 0 Å². The van der Waals surface area contributed by atoms with E-state index in [1.807, 2.05) is 24.3 Å². The normalized spacial score (nSPS) is 18.1. The average Bonchev–Trinajstić information content (AvgIpc) is 3.44. The highest BCUT2D eigenvalue weighted by atomic mass is 32.2. The van der Waals surface area contributed by atoms with E-state index in [1.54, 1.807) is 23.5 Å². The van der Waals surface area contributed by atoms with E-state index >= 15 is 0 Å². The number of aryl methyl sites for hydroxylation is 1. The topological polar surface area (TPSA) is 70.8 Å². The van der Waals surface area contributed by atoms with E-state index in [2.05, 4.69) is 35.3 Å². The minimum atomic E-state index is 0.114. The molecule has 5 rings (SSSR count). The van der Waals surface area contributed by atoms with Crippen LogP contribution in [0.2, 0.25) is 0 Å². The number of ether oxygens (including phenoxy) is 3. The fraction of sp³-hybridized carbons (Fsp3) is 0.318. The zero-order valence-corrected chi connectivity index (χ0v) is 17.7. The predicted octanol–water partition coefficient (Wildman–Crippen LogP) is 3.79. The van der Waals surface area contributed by atoms with Crippen molar-refractivity contribution < 1.29 is 14.2 Å². The maximum atomic E-state index is 6.18. The van der Waals surface area contributed by atoms with Crippen LogP contribution in [0.5, 0.6) is 11.5 Å². The van der Waals surface area contributed by atoms with Crippen LogP contribution < -0.4 is 9.47 Å². The molecule has 3 aromatic rings. The second-order valence-corrected chi connectivity index (χ2v) is 8.18. The van der Waals surface area contributed by atoms with Crippen molar-refractivity contribution in [3.63, 3.8) is 0 Å². The van der Waals surface area contributed by atoms with Gasteiger partial charge < -0.3 is 14.2 Å². The Hall–Kier alpha value is -2.84. The first-order chi connectivity index (χ1) is 14.7. The van der Waals surface area contributed by atoms with Crippen LogP contribution in [0, 0.1) is 6.92 Å². The molecule has 0 spiro atoms. The molecule has 0 N–H and O–H groups in total. The lowest BCUT2D eigenvalue weighted by atomic mass is 10.1. The predicted molar refractivity (Wildman–Crippen MR) is 116 cm³/mol. The minimum absolute atomic E-state index is 0.114. The Labute approximate surface area is 179 Å². The molecule has 1 atom stereocenters. The molecule has 30 heavy (non-hydrogen) atoms. The number of aromatic nitrogens is 3. The van der Waals surface area contributed by atoms with Crippen molar-refractivity contribution in [2.24, 2.45) is 5.10 Å². The second kappa shape index (κ2) is 8.12. The van der Waals surface area contributed by atoms with Crippen LogP contribution >= 0.6 is 11.8 Å². The summed E-state index contributed by atoms with van der Waals surface area (Å²) >= 11 is 1.62. The number of hydrogen-bond donors (Lipinski definition) is 0. The van der Waals surface area contributed by atoms with Crippen LogP contribution in [-0.4, -0.2) is 52.8 Å². The van der Waals surface area contributed by atoms with Gasteiger partial charge in [0.05, 0.1) is 31.6 Å². The fourth-order valence-electron chi connectivity index (χ4n) is 3.56. The van der Waals surface area contributed by atoms with Gasteiger partial charge in [-0.05, 0) is 30.7 Å². The molecule has 2 aliphatic heterocycles.